The molecule has 0 aliphatic carbocycles. The van der Waals surface area contributed by atoms with Crippen LogP contribution in [0.1, 0.15) is 33.1 Å². The van der Waals surface area contributed by atoms with Crippen LogP contribution >= 0.6 is 11.8 Å². The van der Waals surface area contributed by atoms with Crippen molar-refractivity contribution in [2.24, 2.45) is 5.92 Å². The molecule has 0 bridgehead atoms. The van der Waals surface area contributed by atoms with Gasteiger partial charge in [0.05, 0.1) is 0 Å². The van der Waals surface area contributed by atoms with Gasteiger partial charge in [-0.25, -0.2) is 0 Å². The van der Waals surface area contributed by atoms with Gasteiger partial charge in [0.15, 0.2) is 0 Å². The summed E-state index contributed by atoms with van der Waals surface area (Å²) in [5, 5.41) is 9.28. The molecule has 1 saturated heterocycles. The Kier molecular flexibility index (Phi) is 5.62. The third-order valence-electron chi connectivity index (χ3n) is 3.24. The first-order valence-corrected chi connectivity index (χ1v) is 7.20. The van der Waals surface area contributed by atoms with Crippen LogP contribution in [-0.2, 0) is 4.79 Å². The van der Waals surface area contributed by atoms with Gasteiger partial charge in [0.25, 0.3) is 0 Å². The van der Waals surface area contributed by atoms with Crippen LogP contribution in [-0.4, -0.2) is 46.6 Å². The SMILES string of the molecule is CC(C)CC(C(=O)O)N(C)C1CCSCC1. The molecule has 0 amide bonds. The van der Waals surface area contributed by atoms with E-state index in [0.29, 0.717) is 12.0 Å². The first-order valence-electron chi connectivity index (χ1n) is 6.05. The van der Waals surface area contributed by atoms with Crippen molar-refractivity contribution in [1.82, 2.24) is 4.90 Å². The van der Waals surface area contributed by atoms with E-state index in [0.717, 1.165) is 19.3 Å². The quantitative estimate of drug-likeness (QED) is 0.807. The van der Waals surface area contributed by atoms with Crippen LogP contribution in [0.2, 0.25) is 0 Å². The molecule has 1 N–H and O–H groups in total. The molecule has 0 spiro atoms. The van der Waals surface area contributed by atoms with Crippen molar-refractivity contribution in [3.8, 4) is 0 Å². The fourth-order valence-electron chi connectivity index (χ4n) is 2.23. The molecular formula is C12H23NO2S. The summed E-state index contributed by atoms with van der Waals surface area (Å²) in [7, 11) is 1.97. The van der Waals surface area contributed by atoms with Crippen LogP contribution in [0.3, 0.4) is 0 Å². The van der Waals surface area contributed by atoms with E-state index in [1.165, 1.54) is 11.5 Å². The van der Waals surface area contributed by atoms with Gasteiger partial charge in [0.1, 0.15) is 6.04 Å². The lowest BCUT2D eigenvalue weighted by Gasteiger charge is -2.35. The third kappa shape index (κ3) is 3.98. The van der Waals surface area contributed by atoms with Gasteiger partial charge in [-0.15, -0.1) is 0 Å². The summed E-state index contributed by atoms with van der Waals surface area (Å²) >= 11 is 1.98. The summed E-state index contributed by atoms with van der Waals surface area (Å²) in [5.41, 5.74) is 0. The standard InChI is InChI=1S/C12H23NO2S/c1-9(2)8-11(12(14)15)13(3)10-4-6-16-7-5-10/h9-11H,4-8H2,1-3H3,(H,14,15). The molecule has 1 unspecified atom stereocenters. The Hall–Kier alpha value is -0.220. The van der Waals surface area contributed by atoms with E-state index in [1.54, 1.807) is 0 Å². The van der Waals surface area contributed by atoms with Crippen LogP contribution in [0.4, 0.5) is 0 Å². The van der Waals surface area contributed by atoms with E-state index in [4.69, 9.17) is 0 Å². The molecule has 16 heavy (non-hydrogen) atoms. The summed E-state index contributed by atoms with van der Waals surface area (Å²) in [6, 6.07) is 0.147. The molecule has 0 saturated carbocycles. The molecule has 1 fully saturated rings. The number of carbonyl (C=O) groups is 1. The van der Waals surface area contributed by atoms with Gasteiger partial charge >= 0.3 is 5.97 Å². The van der Waals surface area contributed by atoms with Crippen molar-refractivity contribution in [1.29, 1.82) is 0 Å². The topological polar surface area (TPSA) is 40.5 Å². The molecule has 1 aliphatic heterocycles. The Morgan fingerprint density at radius 2 is 2.00 bits per heavy atom. The second kappa shape index (κ2) is 6.50. The van der Waals surface area contributed by atoms with Crippen molar-refractivity contribution in [2.75, 3.05) is 18.6 Å². The van der Waals surface area contributed by atoms with E-state index in [1.807, 2.05) is 18.8 Å². The van der Waals surface area contributed by atoms with Gasteiger partial charge in [0, 0.05) is 6.04 Å². The summed E-state index contributed by atoms with van der Waals surface area (Å²) in [4.78, 5) is 13.4. The van der Waals surface area contributed by atoms with Gasteiger partial charge in [-0.1, -0.05) is 13.8 Å². The van der Waals surface area contributed by atoms with E-state index >= 15 is 0 Å². The van der Waals surface area contributed by atoms with Gasteiger partial charge in [-0.05, 0) is 43.7 Å². The maximum atomic E-state index is 11.3. The Morgan fingerprint density at radius 3 is 2.44 bits per heavy atom. The maximum Gasteiger partial charge on any atom is 0.320 e. The van der Waals surface area contributed by atoms with E-state index in [2.05, 4.69) is 18.7 Å². The summed E-state index contributed by atoms with van der Waals surface area (Å²) in [6.45, 7) is 4.17. The molecule has 0 aromatic carbocycles. The largest absolute Gasteiger partial charge is 0.480 e. The lowest BCUT2D eigenvalue weighted by atomic mass is 10.00. The number of nitrogens with zero attached hydrogens (tertiary/aromatic N) is 1. The smallest absolute Gasteiger partial charge is 0.320 e. The highest BCUT2D eigenvalue weighted by molar-refractivity contribution is 7.99. The Balaban J connectivity index is 2.58. The fourth-order valence-corrected chi connectivity index (χ4v) is 3.32. The highest BCUT2D eigenvalue weighted by Gasteiger charge is 2.29. The Morgan fingerprint density at radius 1 is 1.44 bits per heavy atom. The van der Waals surface area contributed by atoms with Crippen LogP contribution < -0.4 is 0 Å². The molecule has 1 heterocycles. The van der Waals surface area contributed by atoms with Crippen LogP contribution in [0.25, 0.3) is 0 Å². The van der Waals surface area contributed by atoms with E-state index < -0.39 is 5.97 Å². The van der Waals surface area contributed by atoms with Gasteiger partial charge < -0.3 is 5.11 Å². The number of thioether (sulfide) groups is 1. The van der Waals surface area contributed by atoms with E-state index in [-0.39, 0.29) is 6.04 Å². The van der Waals surface area contributed by atoms with Gasteiger partial charge in [-0.2, -0.15) is 11.8 Å². The zero-order valence-corrected chi connectivity index (χ0v) is 11.3. The predicted octanol–water partition coefficient (Wildman–Crippen LogP) is 2.31. The monoisotopic (exact) mass is 245 g/mol. The van der Waals surface area contributed by atoms with Crippen LogP contribution in [0.15, 0.2) is 0 Å². The molecule has 3 nitrogen and oxygen atoms in total. The highest BCUT2D eigenvalue weighted by atomic mass is 32.2. The van der Waals surface area contributed by atoms with Crippen molar-refractivity contribution in [3.63, 3.8) is 0 Å². The molecule has 94 valence electrons. The minimum Gasteiger partial charge on any atom is -0.480 e. The third-order valence-corrected chi connectivity index (χ3v) is 4.29. The number of carboxylic acid groups (broad SMARTS) is 1. The van der Waals surface area contributed by atoms with E-state index in [9.17, 15) is 9.90 Å². The van der Waals surface area contributed by atoms with Gasteiger partial charge in [-0.3, -0.25) is 9.69 Å². The molecule has 0 radical (unpaired) electrons. The first-order chi connectivity index (χ1) is 7.52. The highest BCUT2D eigenvalue weighted by Crippen LogP contribution is 2.24. The average Bonchev–Trinajstić information content (AvgIpc) is 2.25. The zero-order valence-electron chi connectivity index (χ0n) is 10.5. The number of hydrogen-bond acceptors (Lipinski definition) is 3. The minimum absolute atomic E-state index is 0.312. The fraction of sp³-hybridized carbons (Fsp3) is 0.917. The number of carboxylic acids is 1. The van der Waals surface area contributed by atoms with Crippen LogP contribution in [0.5, 0.6) is 0 Å². The lowest BCUT2D eigenvalue weighted by molar-refractivity contribution is -0.144. The van der Waals surface area contributed by atoms with Crippen molar-refractivity contribution in [2.45, 2.75) is 45.2 Å². The number of aliphatic carboxylic acids is 1. The van der Waals surface area contributed by atoms with Gasteiger partial charge in [0.2, 0.25) is 0 Å². The normalized spacial score (nSPS) is 20.3. The summed E-state index contributed by atoms with van der Waals surface area (Å²) in [6.07, 6.45) is 3.00. The molecule has 1 atom stereocenters. The maximum absolute atomic E-state index is 11.3. The molecule has 1 aliphatic rings. The molecule has 0 aromatic heterocycles. The summed E-state index contributed by atoms with van der Waals surface area (Å²) in [5.74, 6) is 2.10. The zero-order chi connectivity index (χ0) is 12.1. The number of likely N-dealkylation sites (N-methyl/N-ethyl adjacent to an activating group) is 1. The Labute approximate surface area is 103 Å². The number of hydrogen-bond donors (Lipinski definition) is 1. The Bertz CT molecular complexity index is 227. The summed E-state index contributed by atoms with van der Waals surface area (Å²) < 4.78 is 0. The second-order valence-electron chi connectivity index (χ2n) is 4.99. The average molecular weight is 245 g/mol. The molecule has 4 heteroatoms. The first kappa shape index (κ1) is 13.8. The van der Waals surface area contributed by atoms with Crippen LogP contribution in [0, 0.1) is 5.92 Å². The molecule has 1 rings (SSSR count). The minimum atomic E-state index is -0.672. The number of rotatable bonds is 5. The predicted molar refractivity (Wildman–Crippen MR) is 69.0 cm³/mol. The van der Waals surface area contributed by atoms with Crippen molar-refractivity contribution >= 4 is 17.7 Å². The van der Waals surface area contributed by atoms with Crippen molar-refractivity contribution in [3.05, 3.63) is 0 Å². The molecular weight excluding hydrogens is 222 g/mol. The lowest BCUT2D eigenvalue weighted by Crippen LogP contribution is -2.46. The second-order valence-corrected chi connectivity index (χ2v) is 6.22. The molecule has 0 aromatic rings. The van der Waals surface area contributed by atoms with Crippen molar-refractivity contribution < 1.29 is 9.90 Å².